The van der Waals surface area contributed by atoms with Crippen LogP contribution in [-0.4, -0.2) is 11.0 Å². The standard InChI is InChI=1S/C15H14ClNO2/c1-2-10-5-3-4-6-12(10)15(19)17-11-7-8-14(18)13(16)9-11/h3-9,18H,2H2,1H3,(H,17,19). The van der Waals surface area contributed by atoms with E-state index in [1.165, 1.54) is 12.1 Å². The molecule has 0 heterocycles. The Balaban J connectivity index is 2.23. The minimum absolute atomic E-state index is 0.00590. The summed E-state index contributed by atoms with van der Waals surface area (Å²) in [4.78, 5) is 12.2. The van der Waals surface area contributed by atoms with Gasteiger partial charge in [-0.15, -0.1) is 0 Å². The SMILES string of the molecule is CCc1ccccc1C(=O)Nc1ccc(O)c(Cl)c1. The highest BCUT2D eigenvalue weighted by atomic mass is 35.5. The van der Waals surface area contributed by atoms with Crippen LogP contribution in [0.1, 0.15) is 22.8 Å². The van der Waals surface area contributed by atoms with Crippen LogP contribution in [0.2, 0.25) is 5.02 Å². The lowest BCUT2D eigenvalue weighted by molar-refractivity contribution is 0.102. The fourth-order valence-corrected chi connectivity index (χ4v) is 2.01. The lowest BCUT2D eigenvalue weighted by Crippen LogP contribution is -2.13. The van der Waals surface area contributed by atoms with Gasteiger partial charge in [-0.05, 0) is 36.2 Å². The number of phenols is 1. The van der Waals surface area contributed by atoms with Gasteiger partial charge in [0.05, 0.1) is 5.02 Å². The minimum Gasteiger partial charge on any atom is -0.506 e. The van der Waals surface area contributed by atoms with Crippen molar-refractivity contribution in [2.45, 2.75) is 13.3 Å². The Labute approximate surface area is 116 Å². The first-order chi connectivity index (χ1) is 9.11. The molecule has 0 atom stereocenters. The lowest BCUT2D eigenvalue weighted by Gasteiger charge is -2.09. The molecule has 0 aromatic heterocycles. The maximum atomic E-state index is 12.2. The average molecular weight is 276 g/mol. The molecule has 0 fully saturated rings. The largest absolute Gasteiger partial charge is 0.506 e. The highest BCUT2D eigenvalue weighted by Crippen LogP contribution is 2.26. The molecule has 2 aromatic carbocycles. The molecule has 0 saturated carbocycles. The van der Waals surface area contributed by atoms with Crippen molar-refractivity contribution >= 4 is 23.2 Å². The molecule has 0 saturated heterocycles. The van der Waals surface area contributed by atoms with E-state index in [0.717, 1.165) is 12.0 Å². The quantitative estimate of drug-likeness (QED) is 0.836. The first-order valence-corrected chi connectivity index (χ1v) is 6.37. The molecule has 3 nitrogen and oxygen atoms in total. The number of nitrogens with one attached hydrogen (secondary N) is 1. The summed E-state index contributed by atoms with van der Waals surface area (Å²) in [5.41, 5.74) is 2.19. The molecule has 19 heavy (non-hydrogen) atoms. The molecule has 0 spiro atoms. The lowest BCUT2D eigenvalue weighted by atomic mass is 10.0. The third-order valence-electron chi connectivity index (χ3n) is 2.85. The van der Waals surface area contributed by atoms with Gasteiger partial charge in [0.1, 0.15) is 5.75 Å². The topological polar surface area (TPSA) is 49.3 Å². The summed E-state index contributed by atoms with van der Waals surface area (Å²) in [6.45, 7) is 2.00. The summed E-state index contributed by atoms with van der Waals surface area (Å²) in [5, 5.41) is 12.3. The second-order valence-electron chi connectivity index (χ2n) is 4.13. The van der Waals surface area contributed by atoms with Crippen LogP contribution < -0.4 is 5.32 Å². The third-order valence-corrected chi connectivity index (χ3v) is 3.15. The molecular weight excluding hydrogens is 262 g/mol. The third kappa shape index (κ3) is 3.06. The second-order valence-corrected chi connectivity index (χ2v) is 4.54. The number of hydrogen-bond acceptors (Lipinski definition) is 2. The van der Waals surface area contributed by atoms with Crippen molar-refractivity contribution in [3.05, 3.63) is 58.6 Å². The van der Waals surface area contributed by atoms with Gasteiger partial charge in [0.25, 0.3) is 5.91 Å². The first kappa shape index (κ1) is 13.4. The van der Waals surface area contributed by atoms with Gasteiger partial charge >= 0.3 is 0 Å². The van der Waals surface area contributed by atoms with Gasteiger partial charge in [-0.25, -0.2) is 0 Å². The zero-order valence-corrected chi connectivity index (χ0v) is 11.2. The van der Waals surface area contributed by atoms with Crippen molar-refractivity contribution in [1.82, 2.24) is 0 Å². The van der Waals surface area contributed by atoms with Crippen LogP contribution in [0.3, 0.4) is 0 Å². The highest BCUT2D eigenvalue weighted by Gasteiger charge is 2.10. The fraction of sp³-hybridized carbons (Fsp3) is 0.133. The number of carbonyl (C=O) groups excluding carboxylic acids is 1. The summed E-state index contributed by atoms with van der Waals surface area (Å²) in [6.07, 6.45) is 0.792. The number of hydrogen-bond donors (Lipinski definition) is 2. The van der Waals surface area contributed by atoms with E-state index in [9.17, 15) is 9.90 Å². The summed E-state index contributed by atoms with van der Waals surface area (Å²) in [6, 6.07) is 12.0. The monoisotopic (exact) mass is 275 g/mol. The Kier molecular flexibility index (Phi) is 4.07. The van der Waals surface area contributed by atoms with Gasteiger partial charge in [0.2, 0.25) is 0 Å². The number of benzene rings is 2. The number of halogens is 1. The molecule has 0 aliphatic rings. The second kappa shape index (κ2) is 5.76. The summed E-state index contributed by atoms with van der Waals surface area (Å²) < 4.78 is 0. The molecule has 0 aliphatic heterocycles. The summed E-state index contributed by atoms with van der Waals surface area (Å²) >= 11 is 5.80. The predicted molar refractivity (Wildman–Crippen MR) is 76.9 cm³/mol. The zero-order chi connectivity index (χ0) is 13.8. The number of phenolic OH excluding ortho intramolecular Hbond substituents is 1. The van der Waals surface area contributed by atoms with Gasteiger partial charge in [0, 0.05) is 11.3 Å². The van der Waals surface area contributed by atoms with E-state index in [1.807, 2.05) is 25.1 Å². The van der Waals surface area contributed by atoms with Gasteiger partial charge in [-0.2, -0.15) is 0 Å². The number of anilines is 1. The molecule has 1 amide bonds. The van der Waals surface area contributed by atoms with Crippen LogP contribution in [0, 0.1) is 0 Å². The van der Waals surface area contributed by atoms with Crippen LogP contribution in [-0.2, 0) is 6.42 Å². The Hall–Kier alpha value is -2.00. The van der Waals surface area contributed by atoms with E-state index in [-0.39, 0.29) is 16.7 Å². The minimum atomic E-state index is -0.181. The zero-order valence-electron chi connectivity index (χ0n) is 10.5. The summed E-state index contributed by atoms with van der Waals surface area (Å²) in [5.74, 6) is -0.187. The van der Waals surface area contributed by atoms with Gasteiger partial charge in [-0.1, -0.05) is 36.7 Å². The van der Waals surface area contributed by atoms with Crippen molar-refractivity contribution in [2.75, 3.05) is 5.32 Å². The molecule has 98 valence electrons. The maximum Gasteiger partial charge on any atom is 0.255 e. The van der Waals surface area contributed by atoms with E-state index < -0.39 is 0 Å². The van der Waals surface area contributed by atoms with E-state index in [0.29, 0.717) is 11.3 Å². The first-order valence-electron chi connectivity index (χ1n) is 5.99. The maximum absolute atomic E-state index is 12.2. The molecule has 2 rings (SSSR count). The number of amides is 1. The molecule has 0 aliphatic carbocycles. The molecular formula is C15H14ClNO2. The van der Waals surface area contributed by atoms with E-state index in [4.69, 9.17) is 11.6 Å². The van der Waals surface area contributed by atoms with Crippen LogP contribution in [0.4, 0.5) is 5.69 Å². The van der Waals surface area contributed by atoms with Crippen molar-refractivity contribution in [3.63, 3.8) is 0 Å². The van der Waals surface area contributed by atoms with Crippen LogP contribution >= 0.6 is 11.6 Å². The van der Waals surface area contributed by atoms with E-state index in [2.05, 4.69) is 5.32 Å². The molecule has 4 heteroatoms. The van der Waals surface area contributed by atoms with Gasteiger partial charge in [-0.3, -0.25) is 4.79 Å². The van der Waals surface area contributed by atoms with Crippen molar-refractivity contribution in [1.29, 1.82) is 0 Å². The molecule has 2 aromatic rings. The Morgan fingerprint density at radius 3 is 2.68 bits per heavy atom. The van der Waals surface area contributed by atoms with Crippen molar-refractivity contribution < 1.29 is 9.90 Å². The van der Waals surface area contributed by atoms with Gasteiger partial charge < -0.3 is 10.4 Å². The fourth-order valence-electron chi connectivity index (χ4n) is 1.83. The molecule has 0 bridgehead atoms. The normalized spacial score (nSPS) is 10.2. The number of carbonyl (C=O) groups is 1. The van der Waals surface area contributed by atoms with Crippen LogP contribution in [0.5, 0.6) is 5.75 Å². The van der Waals surface area contributed by atoms with Gasteiger partial charge in [0.15, 0.2) is 0 Å². The molecule has 2 N–H and O–H groups in total. The van der Waals surface area contributed by atoms with E-state index >= 15 is 0 Å². The van der Waals surface area contributed by atoms with Crippen molar-refractivity contribution in [3.8, 4) is 5.75 Å². The Morgan fingerprint density at radius 2 is 2.00 bits per heavy atom. The Morgan fingerprint density at radius 1 is 1.26 bits per heavy atom. The smallest absolute Gasteiger partial charge is 0.255 e. The number of aromatic hydroxyl groups is 1. The predicted octanol–water partition coefficient (Wildman–Crippen LogP) is 3.86. The van der Waals surface area contributed by atoms with Crippen LogP contribution in [0.15, 0.2) is 42.5 Å². The van der Waals surface area contributed by atoms with Crippen molar-refractivity contribution in [2.24, 2.45) is 0 Å². The molecule has 0 radical (unpaired) electrons. The Bertz CT molecular complexity index is 611. The number of rotatable bonds is 3. The summed E-state index contributed by atoms with van der Waals surface area (Å²) in [7, 11) is 0. The van der Waals surface area contributed by atoms with Crippen LogP contribution in [0.25, 0.3) is 0 Å². The van der Waals surface area contributed by atoms with E-state index in [1.54, 1.807) is 12.1 Å². The molecule has 0 unspecified atom stereocenters. The highest BCUT2D eigenvalue weighted by molar-refractivity contribution is 6.32. The number of aryl methyl sites for hydroxylation is 1. The average Bonchev–Trinajstić information content (AvgIpc) is 2.43.